The Morgan fingerprint density at radius 1 is 1.16 bits per heavy atom. The zero-order valence-electron chi connectivity index (χ0n) is 11.1. The van der Waals surface area contributed by atoms with Crippen LogP contribution in [0.15, 0.2) is 18.6 Å². The number of carbonyl (C=O) groups excluding carboxylic acids is 2. The molecule has 1 aromatic heterocycles. The van der Waals surface area contributed by atoms with Crippen LogP contribution < -0.4 is 0 Å². The standard InChI is InChI=1S/C13H18N4O2/c1-2-12(18)16-6-3-7-17(9-8-16)13(19)11-10-14-4-5-15-11/h4-5,10H,2-3,6-9H2,1H3. The summed E-state index contributed by atoms with van der Waals surface area (Å²) >= 11 is 0. The summed E-state index contributed by atoms with van der Waals surface area (Å²) in [6.45, 7) is 4.38. The van der Waals surface area contributed by atoms with Gasteiger partial charge in [0.1, 0.15) is 5.69 Å². The third kappa shape index (κ3) is 3.27. The van der Waals surface area contributed by atoms with Gasteiger partial charge >= 0.3 is 0 Å². The summed E-state index contributed by atoms with van der Waals surface area (Å²) in [6, 6.07) is 0. The van der Waals surface area contributed by atoms with Crippen LogP contribution in [0.3, 0.4) is 0 Å². The maximum absolute atomic E-state index is 12.2. The third-order valence-corrected chi connectivity index (χ3v) is 3.22. The molecule has 0 aliphatic carbocycles. The van der Waals surface area contributed by atoms with Crippen LogP contribution >= 0.6 is 0 Å². The first-order valence-corrected chi connectivity index (χ1v) is 6.55. The molecule has 2 rings (SSSR count). The fraction of sp³-hybridized carbons (Fsp3) is 0.538. The molecule has 2 heterocycles. The molecule has 19 heavy (non-hydrogen) atoms. The molecule has 1 aliphatic rings. The minimum absolute atomic E-state index is 0.112. The van der Waals surface area contributed by atoms with E-state index in [-0.39, 0.29) is 11.8 Å². The highest BCUT2D eigenvalue weighted by Crippen LogP contribution is 2.08. The first kappa shape index (κ1) is 13.5. The van der Waals surface area contributed by atoms with Crippen LogP contribution in [0.25, 0.3) is 0 Å². The van der Waals surface area contributed by atoms with Crippen LogP contribution in [-0.4, -0.2) is 57.8 Å². The molecule has 0 radical (unpaired) electrons. The van der Waals surface area contributed by atoms with Gasteiger partial charge in [-0.3, -0.25) is 14.6 Å². The van der Waals surface area contributed by atoms with Crippen molar-refractivity contribution in [1.82, 2.24) is 19.8 Å². The summed E-state index contributed by atoms with van der Waals surface area (Å²) in [5.41, 5.74) is 0.359. The quantitative estimate of drug-likeness (QED) is 0.781. The number of rotatable bonds is 2. The summed E-state index contributed by atoms with van der Waals surface area (Å²) < 4.78 is 0. The van der Waals surface area contributed by atoms with Crippen LogP contribution in [0.5, 0.6) is 0 Å². The zero-order valence-corrected chi connectivity index (χ0v) is 11.1. The number of amides is 2. The lowest BCUT2D eigenvalue weighted by Gasteiger charge is -2.21. The van der Waals surface area contributed by atoms with E-state index in [1.807, 2.05) is 11.8 Å². The first-order chi connectivity index (χ1) is 9.22. The lowest BCUT2D eigenvalue weighted by Crippen LogP contribution is -2.37. The van der Waals surface area contributed by atoms with Crippen molar-refractivity contribution in [2.24, 2.45) is 0 Å². The molecule has 0 unspecified atom stereocenters. The predicted octanol–water partition coefficient (Wildman–Crippen LogP) is 0.561. The van der Waals surface area contributed by atoms with E-state index in [2.05, 4.69) is 9.97 Å². The second-order valence-electron chi connectivity index (χ2n) is 4.47. The summed E-state index contributed by atoms with van der Waals surface area (Å²) in [7, 11) is 0. The summed E-state index contributed by atoms with van der Waals surface area (Å²) in [4.78, 5) is 35.4. The van der Waals surface area contributed by atoms with Gasteiger partial charge in [-0.25, -0.2) is 4.98 Å². The third-order valence-electron chi connectivity index (χ3n) is 3.22. The summed E-state index contributed by atoms with van der Waals surface area (Å²) in [5, 5.41) is 0. The van der Waals surface area contributed by atoms with Crippen LogP contribution in [0.4, 0.5) is 0 Å². The normalized spacial score (nSPS) is 16.1. The van der Waals surface area contributed by atoms with Crippen molar-refractivity contribution < 1.29 is 9.59 Å². The smallest absolute Gasteiger partial charge is 0.274 e. The Labute approximate surface area is 112 Å². The molecule has 0 spiro atoms. The van der Waals surface area contributed by atoms with E-state index in [0.717, 1.165) is 13.0 Å². The number of hydrogen-bond donors (Lipinski definition) is 0. The number of aromatic nitrogens is 2. The van der Waals surface area contributed by atoms with E-state index in [4.69, 9.17) is 0 Å². The Balaban J connectivity index is 2.00. The molecule has 6 heteroatoms. The van der Waals surface area contributed by atoms with Gasteiger partial charge in [-0.05, 0) is 6.42 Å². The molecule has 0 N–H and O–H groups in total. The van der Waals surface area contributed by atoms with E-state index < -0.39 is 0 Å². The van der Waals surface area contributed by atoms with E-state index in [9.17, 15) is 9.59 Å². The second-order valence-corrected chi connectivity index (χ2v) is 4.47. The van der Waals surface area contributed by atoms with Gasteiger partial charge in [-0.2, -0.15) is 0 Å². The Bertz CT molecular complexity index is 449. The summed E-state index contributed by atoms with van der Waals surface area (Å²) in [5.74, 6) is 0.0349. The second kappa shape index (κ2) is 6.26. The van der Waals surface area contributed by atoms with Crippen molar-refractivity contribution in [3.63, 3.8) is 0 Å². The topological polar surface area (TPSA) is 66.4 Å². The van der Waals surface area contributed by atoms with Crippen LogP contribution in [-0.2, 0) is 4.79 Å². The largest absolute Gasteiger partial charge is 0.341 e. The van der Waals surface area contributed by atoms with Crippen LogP contribution in [0, 0.1) is 0 Å². The molecule has 2 amide bonds. The van der Waals surface area contributed by atoms with E-state index in [1.165, 1.54) is 12.4 Å². The fourth-order valence-electron chi connectivity index (χ4n) is 2.17. The predicted molar refractivity (Wildman–Crippen MR) is 69.4 cm³/mol. The van der Waals surface area contributed by atoms with Crippen molar-refractivity contribution in [1.29, 1.82) is 0 Å². The van der Waals surface area contributed by atoms with Gasteiger partial charge in [0.05, 0.1) is 6.20 Å². The highest BCUT2D eigenvalue weighted by Gasteiger charge is 2.22. The van der Waals surface area contributed by atoms with Crippen molar-refractivity contribution in [2.75, 3.05) is 26.2 Å². The first-order valence-electron chi connectivity index (χ1n) is 6.55. The van der Waals surface area contributed by atoms with Crippen molar-refractivity contribution in [3.8, 4) is 0 Å². The average molecular weight is 262 g/mol. The lowest BCUT2D eigenvalue weighted by molar-refractivity contribution is -0.130. The minimum Gasteiger partial charge on any atom is -0.341 e. The Kier molecular flexibility index (Phi) is 4.43. The van der Waals surface area contributed by atoms with Crippen LogP contribution in [0.1, 0.15) is 30.3 Å². The molecule has 0 aromatic carbocycles. The Morgan fingerprint density at radius 2 is 1.89 bits per heavy atom. The molecule has 0 atom stereocenters. The van der Waals surface area contributed by atoms with Gasteiger partial charge in [0.15, 0.2) is 0 Å². The van der Waals surface area contributed by atoms with Crippen molar-refractivity contribution in [3.05, 3.63) is 24.3 Å². The zero-order chi connectivity index (χ0) is 13.7. The fourth-order valence-corrected chi connectivity index (χ4v) is 2.17. The molecule has 0 bridgehead atoms. The maximum atomic E-state index is 12.2. The monoisotopic (exact) mass is 262 g/mol. The average Bonchev–Trinajstić information content (AvgIpc) is 2.72. The van der Waals surface area contributed by atoms with E-state index in [0.29, 0.717) is 31.7 Å². The number of nitrogens with zero attached hydrogens (tertiary/aromatic N) is 4. The molecular formula is C13H18N4O2. The van der Waals surface area contributed by atoms with E-state index in [1.54, 1.807) is 11.1 Å². The van der Waals surface area contributed by atoms with Gasteiger partial charge in [0.25, 0.3) is 5.91 Å². The van der Waals surface area contributed by atoms with E-state index >= 15 is 0 Å². The van der Waals surface area contributed by atoms with Gasteiger partial charge < -0.3 is 9.80 Å². The maximum Gasteiger partial charge on any atom is 0.274 e. The van der Waals surface area contributed by atoms with Crippen LogP contribution in [0.2, 0.25) is 0 Å². The van der Waals surface area contributed by atoms with Crippen molar-refractivity contribution >= 4 is 11.8 Å². The Morgan fingerprint density at radius 3 is 2.58 bits per heavy atom. The molecule has 1 aromatic rings. The molecular weight excluding hydrogens is 244 g/mol. The van der Waals surface area contributed by atoms with Gasteiger partial charge in [-0.15, -0.1) is 0 Å². The molecule has 6 nitrogen and oxygen atoms in total. The molecule has 102 valence electrons. The molecule has 1 saturated heterocycles. The van der Waals surface area contributed by atoms with Gasteiger partial charge in [0.2, 0.25) is 5.91 Å². The minimum atomic E-state index is -0.112. The SMILES string of the molecule is CCC(=O)N1CCCN(C(=O)c2cnccn2)CC1. The molecule has 1 aliphatic heterocycles. The molecule has 1 fully saturated rings. The lowest BCUT2D eigenvalue weighted by atomic mass is 10.3. The highest BCUT2D eigenvalue weighted by molar-refractivity contribution is 5.92. The molecule has 0 saturated carbocycles. The van der Waals surface area contributed by atoms with Crippen molar-refractivity contribution in [2.45, 2.75) is 19.8 Å². The Hall–Kier alpha value is -1.98. The number of hydrogen-bond acceptors (Lipinski definition) is 4. The highest BCUT2D eigenvalue weighted by atomic mass is 16.2. The van der Waals surface area contributed by atoms with Gasteiger partial charge in [-0.1, -0.05) is 6.92 Å². The summed E-state index contributed by atoms with van der Waals surface area (Å²) in [6.07, 6.45) is 5.84. The van der Waals surface area contributed by atoms with Gasteiger partial charge in [0, 0.05) is 45.0 Å². The number of carbonyl (C=O) groups is 2.